The fourth-order valence-electron chi connectivity index (χ4n) is 4.09. The summed E-state index contributed by atoms with van der Waals surface area (Å²) < 4.78 is 11.4. The van der Waals surface area contributed by atoms with Crippen LogP contribution in [0.5, 0.6) is 5.75 Å². The number of nitrogens with zero attached hydrogens (tertiary/aromatic N) is 1. The predicted octanol–water partition coefficient (Wildman–Crippen LogP) is 8.01. The molecule has 0 unspecified atom stereocenters. The van der Waals surface area contributed by atoms with Gasteiger partial charge >= 0.3 is 12.0 Å². The van der Waals surface area contributed by atoms with Gasteiger partial charge in [0.05, 0.1) is 13.2 Å². The standard InChI is InChI=1S/C32H46N2O4/c1-6-10-12-13-14-20-33-32(36)34(5)28-17-15-16-27(24-28)29-19-18-25(23-30(29)38-21-11-7-2)22-26(8-3)31(35)37-9-4/h15-19,22-24H,6-14,20-21H2,1-5H3,(H,33,36)/b26-22+. The number of carbonyl (C=O) groups is 2. The summed E-state index contributed by atoms with van der Waals surface area (Å²) in [5.74, 6) is 0.463. The van der Waals surface area contributed by atoms with E-state index in [0.29, 0.717) is 31.8 Å². The first kappa shape index (κ1) is 30.9. The van der Waals surface area contributed by atoms with Gasteiger partial charge in [-0.2, -0.15) is 0 Å². The van der Waals surface area contributed by atoms with Crippen molar-refractivity contribution in [1.82, 2.24) is 5.32 Å². The number of urea groups is 1. The van der Waals surface area contributed by atoms with Gasteiger partial charge in [0.25, 0.3) is 0 Å². The molecular weight excluding hydrogens is 476 g/mol. The molecule has 6 nitrogen and oxygen atoms in total. The third-order valence-corrected chi connectivity index (χ3v) is 6.43. The van der Waals surface area contributed by atoms with E-state index in [4.69, 9.17) is 9.47 Å². The number of hydrogen-bond acceptors (Lipinski definition) is 4. The van der Waals surface area contributed by atoms with E-state index in [1.807, 2.05) is 62.4 Å². The molecular formula is C32H46N2O4. The number of ether oxygens (including phenoxy) is 2. The van der Waals surface area contributed by atoms with Gasteiger partial charge in [0.15, 0.2) is 0 Å². The number of esters is 1. The molecule has 2 amide bonds. The molecule has 0 aliphatic carbocycles. The molecule has 0 saturated heterocycles. The SMILES string of the molecule is CCCCCCCNC(=O)N(C)c1cccc(-c2ccc(/C=C(\CC)C(=O)OCC)cc2OCCCC)c1. The molecule has 2 aromatic rings. The van der Waals surface area contributed by atoms with Crippen molar-refractivity contribution in [2.24, 2.45) is 0 Å². The molecule has 208 valence electrons. The number of nitrogens with one attached hydrogen (secondary N) is 1. The van der Waals surface area contributed by atoms with E-state index in [1.165, 1.54) is 19.3 Å². The van der Waals surface area contributed by atoms with Crippen molar-refractivity contribution >= 4 is 23.8 Å². The highest BCUT2D eigenvalue weighted by molar-refractivity contribution is 5.94. The summed E-state index contributed by atoms with van der Waals surface area (Å²) in [6.45, 7) is 9.72. The van der Waals surface area contributed by atoms with Gasteiger partial charge < -0.3 is 14.8 Å². The highest BCUT2D eigenvalue weighted by atomic mass is 16.5. The number of hydrogen-bond donors (Lipinski definition) is 1. The lowest BCUT2D eigenvalue weighted by atomic mass is 10.0. The minimum Gasteiger partial charge on any atom is -0.493 e. The van der Waals surface area contributed by atoms with Gasteiger partial charge in [-0.05, 0) is 61.6 Å². The molecule has 1 N–H and O–H groups in total. The summed E-state index contributed by atoms with van der Waals surface area (Å²) in [5.41, 5.74) is 4.23. The van der Waals surface area contributed by atoms with Crippen molar-refractivity contribution in [2.75, 3.05) is 31.7 Å². The van der Waals surface area contributed by atoms with Crippen LogP contribution in [-0.2, 0) is 9.53 Å². The lowest BCUT2D eigenvalue weighted by molar-refractivity contribution is -0.138. The van der Waals surface area contributed by atoms with Gasteiger partial charge in [0.1, 0.15) is 5.75 Å². The Hall–Kier alpha value is -3.28. The second-order valence-corrected chi connectivity index (χ2v) is 9.46. The Morgan fingerprint density at radius 3 is 2.39 bits per heavy atom. The van der Waals surface area contributed by atoms with E-state index in [2.05, 4.69) is 19.2 Å². The molecule has 0 bridgehead atoms. The van der Waals surface area contributed by atoms with Crippen LogP contribution >= 0.6 is 0 Å². The van der Waals surface area contributed by atoms with Gasteiger partial charge in [0.2, 0.25) is 0 Å². The summed E-state index contributed by atoms with van der Waals surface area (Å²) in [6, 6.07) is 13.8. The van der Waals surface area contributed by atoms with Crippen molar-refractivity contribution in [1.29, 1.82) is 0 Å². The maximum atomic E-state index is 12.7. The van der Waals surface area contributed by atoms with E-state index in [1.54, 1.807) is 11.9 Å². The number of benzene rings is 2. The first-order chi connectivity index (χ1) is 18.4. The van der Waals surface area contributed by atoms with Crippen LogP contribution in [0.2, 0.25) is 0 Å². The van der Waals surface area contributed by atoms with E-state index >= 15 is 0 Å². The van der Waals surface area contributed by atoms with Gasteiger partial charge in [-0.3, -0.25) is 4.90 Å². The Morgan fingerprint density at radius 2 is 1.68 bits per heavy atom. The van der Waals surface area contributed by atoms with Crippen LogP contribution < -0.4 is 15.0 Å². The fourth-order valence-corrected chi connectivity index (χ4v) is 4.09. The molecule has 38 heavy (non-hydrogen) atoms. The van der Waals surface area contributed by atoms with E-state index in [-0.39, 0.29) is 12.0 Å². The Kier molecular flexibility index (Phi) is 14.1. The number of anilines is 1. The summed E-state index contributed by atoms with van der Waals surface area (Å²) in [5, 5.41) is 3.03. The Bertz CT molecular complexity index is 1050. The van der Waals surface area contributed by atoms with Crippen LogP contribution in [0.3, 0.4) is 0 Å². The zero-order valence-corrected chi connectivity index (χ0v) is 24.0. The van der Waals surface area contributed by atoms with Crippen molar-refractivity contribution in [2.45, 2.75) is 79.1 Å². The van der Waals surface area contributed by atoms with Crippen LogP contribution in [0, 0.1) is 0 Å². The summed E-state index contributed by atoms with van der Waals surface area (Å²) in [4.78, 5) is 26.7. The molecule has 0 heterocycles. The quantitative estimate of drug-likeness (QED) is 0.138. The Morgan fingerprint density at radius 1 is 0.921 bits per heavy atom. The molecule has 0 fully saturated rings. The lowest BCUT2D eigenvalue weighted by Crippen LogP contribution is -2.37. The molecule has 0 aliphatic rings. The van der Waals surface area contributed by atoms with Crippen molar-refractivity contribution in [3.8, 4) is 16.9 Å². The molecule has 0 aromatic heterocycles. The van der Waals surface area contributed by atoms with Gasteiger partial charge in [0, 0.05) is 30.4 Å². The van der Waals surface area contributed by atoms with Gasteiger partial charge in [-0.1, -0.05) is 77.1 Å². The third-order valence-electron chi connectivity index (χ3n) is 6.43. The zero-order chi connectivity index (χ0) is 27.8. The van der Waals surface area contributed by atoms with Crippen molar-refractivity contribution in [3.63, 3.8) is 0 Å². The molecule has 0 aliphatic heterocycles. The topological polar surface area (TPSA) is 67.9 Å². The Labute approximate surface area is 229 Å². The Balaban J connectivity index is 2.26. The average Bonchev–Trinajstić information content (AvgIpc) is 2.93. The fraction of sp³-hybridized carbons (Fsp3) is 0.500. The maximum Gasteiger partial charge on any atom is 0.333 e. The first-order valence-corrected chi connectivity index (χ1v) is 14.2. The third kappa shape index (κ3) is 9.88. The molecule has 2 aromatic carbocycles. The summed E-state index contributed by atoms with van der Waals surface area (Å²) in [7, 11) is 1.79. The lowest BCUT2D eigenvalue weighted by Gasteiger charge is -2.20. The number of rotatable bonds is 16. The van der Waals surface area contributed by atoms with E-state index < -0.39 is 0 Å². The summed E-state index contributed by atoms with van der Waals surface area (Å²) >= 11 is 0. The highest BCUT2D eigenvalue weighted by Gasteiger charge is 2.14. The number of unbranched alkanes of at least 4 members (excludes halogenated alkanes) is 5. The first-order valence-electron chi connectivity index (χ1n) is 14.2. The van der Waals surface area contributed by atoms with Crippen LogP contribution in [0.1, 0.15) is 84.6 Å². The zero-order valence-electron chi connectivity index (χ0n) is 24.0. The highest BCUT2D eigenvalue weighted by Crippen LogP contribution is 2.34. The minimum absolute atomic E-state index is 0.108. The minimum atomic E-state index is -0.289. The monoisotopic (exact) mass is 522 g/mol. The molecule has 0 radical (unpaired) electrons. The van der Waals surface area contributed by atoms with E-state index in [0.717, 1.165) is 53.8 Å². The summed E-state index contributed by atoms with van der Waals surface area (Å²) in [6.07, 6.45) is 10.2. The van der Waals surface area contributed by atoms with Gasteiger partial charge in [-0.25, -0.2) is 9.59 Å². The largest absolute Gasteiger partial charge is 0.493 e. The number of carbonyl (C=O) groups excluding carboxylic acids is 2. The second-order valence-electron chi connectivity index (χ2n) is 9.46. The van der Waals surface area contributed by atoms with Crippen LogP contribution in [0.4, 0.5) is 10.5 Å². The van der Waals surface area contributed by atoms with E-state index in [9.17, 15) is 9.59 Å². The molecule has 6 heteroatoms. The molecule has 0 saturated carbocycles. The van der Waals surface area contributed by atoms with Crippen LogP contribution in [0.25, 0.3) is 17.2 Å². The predicted molar refractivity (Wildman–Crippen MR) is 158 cm³/mol. The normalized spacial score (nSPS) is 11.2. The average molecular weight is 523 g/mol. The van der Waals surface area contributed by atoms with Crippen molar-refractivity contribution in [3.05, 3.63) is 53.6 Å². The van der Waals surface area contributed by atoms with Crippen LogP contribution in [0.15, 0.2) is 48.0 Å². The van der Waals surface area contributed by atoms with Gasteiger partial charge in [-0.15, -0.1) is 0 Å². The molecule has 0 spiro atoms. The van der Waals surface area contributed by atoms with Crippen LogP contribution in [-0.4, -0.2) is 38.8 Å². The maximum absolute atomic E-state index is 12.7. The van der Waals surface area contributed by atoms with Crippen molar-refractivity contribution < 1.29 is 19.1 Å². The number of amides is 2. The molecule has 2 rings (SSSR count). The second kappa shape index (κ2) is 17.3. The molecule has 0 atom stereocenters. The smallest absolute Gasteiger partial charge is 0.333 e.